The van der Waals surface area contributed by atoms with Crippen molar-refractivity contribution in [1.82, 2.24) is 5.32 Å². The van der Waals surface area contributed by atoms with E-state index in [1.165, 1.54) is 0 Å². The molecule has 0 aliphatic heterocycles. The van der Waals surface area contributed by atoms with Gasteiger partial charge < -0.3 is 10.4 Å². The molecule has 16 heavy (non-hydrogen) atoms. The summed E-state index contributed by atoms with van der Waals surface area (Å²) in [6.07, 6.45) is 0.458. The molecular weight excluding hydrogens is 202 g/mol. The standard InChI is InChI=1S/C13H19NO2/c1-10(15)8-9-13(16)14-11(2)12-6-4-3-5-7-12/h3-7,10-11,15H,8-9H2,1-2H3,(H,14,16)/t10?,11-/m1/s1. The zero-order valence-electron chi connectivity index (χ0n) is 9.81. The van der Waals surface area contributed by atoms with Crippen molar-refractivity contribution in [3.05, 3.63) is 35.9 Å². The van der Waals surface area contributed by atoms with Gasteiger partial charge in [0.15, 0.2) is 0 Å². The molecule has 1 aromatic rings. The quantitative estimate of drug-likeness (QED) is 0.799. The Bertz CT molecular complexity index is 322. The van der Waals surface area contributed by atoms with Crippen LogP contribution < -0.4 is 5.32 Å². The summed E-state index contributed by atoms with van der Waals surface area (Å²) in [5.41, 5.74) is 1.09. The van der Waals surface area contributed by atoms with Crippen LogP contribution in [0.5, 0.6) is 0 Å². The molecule has 0 aliphatic carbocycles. The number of nitrogens with one attached hydrogen (secondary N) is 1. The molecule has 0 bridgehead atoms. The van der Waals surface area contributed by atoms with Gasteiger partial charge in [0.25, 0.3) is 0 Å². The van der Waals surface area contributed by atoms with Crippen LogP contribution in [0.2, 0.25) is 0 Å². The highest BCUT2D eigenvalue weighted by Crippen LogP contribution is 2.11. The monoisotopic (exact) mass is 221 g/mol. The largest absolute Gasteiger partial charge is 0.393 e. The topological polar surface area (TPSA) is 49.3 Å². The van der Waals surface area contributed by atoms with E-state index in [0.29, 0.717) is 12.8 Å². The number of aliphatic hydroxyl groups is 1. The summed E-state index contributed by atoms with van der Waals surface area (Å²) < 4.78 is 0. The minimum absolute atomic E-state index is 0.0164. The normalized spacial score (nSPS) is 14.2. The number of carbonyl (C=O) groups excluding carboxylic acids is 1. The van der Waals surface area contributed by atoms with E-state index in [0.717, 1.165) is 5.56 Å². The molecular formula is C13H19NO2. The van der Waals surface area contributed by atoms with E-state index in [2.05, 4.69) is 5.32 Å². The van der Waals surface area contributed by atoms with Crippen LogP contribution in [0.1, 0.15) is 38.3 Å². The summed E-state index contributed by atoms with van der Waals surface area (Å²) >= 11 is 0. The zero-order valence-corrected chi connectivity index (χ0v) is 9.81. The minimum Gasteiger partial charge on any atom is -0.393 e. The first-order valence-corrected chi connectivity index (χ1v) is 5.62. The smallest absolute Gasteiger partial charge is 0.220 e. The SMILES string of the molecule is CC(O)CCC(=O)N[C@H](C)c1ccccc1. The molecule has 0 radical (unpaired) electrons. The highest BCUT2D eigenvalue weighted by Gasteiger charge is 2.09. The molecule has 0 aromatic heterocycles. The van der Waals surface area contributed by atoms with Crippen LogP contribution in [-0.2, 0) is 4.79 Å². The summed E-state index contributed by atoms with van der Waals surface area (Å²) in [5.74, 6) is -0.0164. The van der Waals surface area contributed by atoms with Gasteiger partial charge in [0.1, 0.15) is 0 Å². The number of aliphatic hydroxyl groups excluding tert-OH is 1. The van der Waals surface area contributed by atoms with Gasteiger partial charge in [0.05, 0.1) is 12.1 Å². The molecule has 0 saturated heterocycles. The van der Waals surface area contributed by atoms with Crippen LogP contribution in [0.4, 0.5) is 0 Å². The average Bonchev–Trinajstić information content (AvgIpc) is 2.27. The summed E-state index contributed by atoms with van der Waals surface area (Å²) in [6.45, 7) is 3.64. The van der Waals surface area contributed by atoms with Gasteiger partial charge in [0.2, 0.25) is 5.91 Å². The lowest BCUT2D eigenvalue weighted by atomic mass is 10.1. The molecule has 3 heteroatoms. The number of benzene rings is 1. The average molecular weight is 221 g/mol. The molecule has 1 unspecified atom stereocenters. The molecule has 2 N–H and O–H groups in total. The first-order chi connectivity index (χ1) is 7.59. The Balaban J connectivity index is 2.40. The Morgan fingerprint density at radius 2 is 1.94 bits per heavy atom. The van der Waals surface area contributed by atoms with Crippen LogP contribution >= 0.6 is 0 Å². The molecule has 1 amide bonds. The minimum atomic E-state index is -0.419. The number of rotatable bonds is 5. The second kappa shape index (κ2) is 6.28. The van der Waals surface area contributed by atoms with Crippen molar-refractivity contribution in [2.75, 3.05) is 0 Å². The van der Waals surface area contributed by atoms with E-state index < -0.39 is 6.10 Å². The van der Waals surface area contributed by atoms with Crippen molar-refractivity contribution < 1.29 is 9.90 Å². The fraction of sp³-hybridized carbons (Fsp3) is 0.462. The lowest BCUT2D eigenvalue weighted by Gasteiger charge is -2.14. The molecule has 0 spiro atoms. The highest BCUT2D eigenvalue weighted by atomic mass is 16.3. The third-order valence-electron chi connectivity index (χ3n) is 2.47. The Labute approximate surface area is 96.5 Å². The lowest BCUT2D eigenvalue weighted by Crippen LogP contribution is -2.27. The summed E-state index contributed by atoms with van der Waals surface area (Å²) in [6, 6.07) is 9.84. The molecule has 1 aromatic carbocycles. The molecule has 3 nitrogen and oxygen atoms in total. The van der Waals surface area contributed by atoms with Crippen LogP contribution in [0, 0.1) is 0 Å². The first-order valence-electron chi connectivity index (χ1n) is 5.62. The Morgan fingerprint density at radius 3 is 2.50 bits per heavy atom. The summed E-state index contributed by atoms with van der Waals surface area (Å²) in [7, 11) is 0. The van der Waals surface area contributed by atoms with Crippen molar-refractivity contribution in [3.63, 3.8) is 0 Å². The first kappa shape index (κ1) is 12.7. The Hall–Kier alpha value is -1.35. The Kier molecular flexibility index (Phi) is 4.99. The highest BCUT2D eigenvalue weighted by molar-refractivity contribution is 5.76. The van der Waals surface area contributed by atoms with Gasteiger partial charge in [-0.1, -0.05) is 30.3 Å². The Morgan fingerprint density at radius 1 is 1.31 bits per heavy atom. The van der Waals surface area contributed by atoms with E-state index in [4.69, 9.17) is 5.11 Å². The number of carbonyl (C=O) groups is 1. The maximum atomic E-state index is 11.5. The van der Waals surface area contributed by atoms with Gasteiger partial charge in [-0.15, -0.1) is 0 Å². The van der Waals surface area contributed by atoms with Crippen LogP contribution in [0.3, 0.4) is 0 Å². The van der Waals surface area contributed by atoms with Gasteiger partial charge in [-0.2, -0.15) is 0 Å². The van der Waals surface area contributed by atoms with Crippen molar-refractivity contribution in [2.24, 2.45) is 0 Å². The number of hydrogen-bond donors (Lipinski definition) is 2. The fourth-order valence-corrected chi connectivity index (χ4v) is 1.48. The predicted molar refractivity (Wildman–Crippen MR) is 63.9 cm³/mol. The third kappa shape index (κ3) is 4.45. The van der Waals surface area contributed by atoms with Gasteiger partial charge in [0, 0.05) is 6.42 Å². The van der Waals surface area contributed by atoms with Crippen molar-refractivity contribution in [2.45, 2.75) is 38.8 Å². The molecule has 88 valence electrons. The zero-order chi connectivity index (χ0) is 12.0. The van der Waals surface area contributed by atoms with Crippen LogP contribution in [-0.4, -0.2) is 17.1 Å². The van der Waals surface area contributed by atoms with Gasteiger partial charge in [-0.05, 0) is 25.8 Å². The van der Waals surface area contributed by atoms with E-state index in [9.17, 15) is 4.79 Å². The van der Waals surface area contributed by atoms with Gasteiger partial charge in [-0.3, -0.25) is 4.79 Å². The van der Waals surface area contributed by atoms with Gasteiger partial charge in [-0.25, -0.2) is 0 Å². The van der Waals surface area contributed by atoms with Crippen molar-refractivity contribution >= 4 is 5.91 Å². The van der Waals surface area contributed by atoms with E-state index in [-0.39, 0.29) is 11.9 Å². The van der Waals surface area contributed by atoms with E-state index in [1.54, 1.807) is 6.92 Å². The fourth-order valence-electron chi connectivity index (χ4n) is 1.48. The number of amides is 1. The second-order valence-electron chi connectivity index (χ2n) is 4.09. The van der Waals surface area contributed by atoms with E-state index >= 15 is 0 Å². The molecule has 0 fully saturated rings. The van der Waals surface area contributed by atoms with Crippen molar-refractivity contribution in [1.29, 1.82) is 0 Å². The third-order valence-corrected chi connectivity index (χ3v) is 2.47. The molecule has 0 saturated carbocycles. The van der Waals surface area contributed by atoms with E-state index in [1.807, 2.05) is 37.3 Å². The second-order valence-corrected chi connectivity index (χ2v) is 4.09. The van der Waals surface area contributed by atoms with Gasteiger partial charge >= 0.3 is 0 Å². The lowest BCUT2D eigenvalue weighted by molar-refractivity contribution is -0.122. The van der Waals surface area contributed by atoms with Crippen molar-refractivity contribution in [3.8, 4) is 0 Å². The maximum absolute atomic E-state index is 11.5. The van der Waals surface area contributed by atoms with Crippen LogP contribution in [0.15, 0.2) is 30.3 Å². The number of hydrogen-bond acceptors (Lipinski definition) is 2. The molecule has 0 aliphatic rings. The predicted octanol–water partition coefficient (Wildman–Crippen LogP) is 2.02. The molecule has 1 rings (SSSR count). The molecule has 0 heterocycles. The summed E-state index contributed by atoms with van der Waals surface area (Å²) in [4.78, 5) is 11.5. The van der Waals surface area contributed by atoms with Crippen LogP contribution in [0.25, 0.3) is 0 Å². The summed E-state index contributed by atoms with van der Waals surface area (Å²) in [5, 5.41) is 12.0. The molecule has 2 atom stereocenters. The maximum Gasteiger partial charge on any atom is 0.220 e.